The second-order valence-corrected chi connectivity index (χ2v) is 4.98. The molecule has 5 nitrogen and oxygen atoms in total. The van der Waals surface area contributed by atoms with Crippen molar-refractivity contribution in [3.63, 3.8) is 0 Å². The summed E-state index contributed by atoms with van der Waals surface area (Å²) in [6.45, 7) is 3.17. The minimum absolute atomic E-state index is 0.230. The molecular weight excluding hydrogens is 272 g/mol. The number of rotatable bonds is 6. The Labute approximate surface area is 124 Å². The number of ether oxygens (including phenoxy) is 3. The summed E-state index contributed by atoms with van der Waals surface area (Å²) in [5.41, 5.74) is 0.903. The SMILES string of the molecule is CCOC(=O)C(O)CCC1(c2ccccc2)OCCCO1. The van der Waals surface area contributed by atoms with E-state index in [0.717, 1.165) is 12.0 Å². The topological polar surface area (TPSA) is 65.0 Å². The summed E-state index contributed by atoms with van der Waals surface area (Å²) in [6.07, 6.45) is 0.319. The van der Waals surface area contributed by atoms with Gasteiger partial charge in [0.2, 0.25) is 0 Å². The van der Waals surface area contributed by atoms with E-state index in [0.29, 0.717) is 19.6 Å². The van der Waals surface area contributed by atoms with E-state index in [2.05, 4.69) is 0 Å². The van der Waals surface area contributed by atoms with E-state index in [4.69, 9.17) is 14.2 Å². The largest absolute Gasteiger partial charge is 0.464 e. The summed E-state index contributed by atoms with van der Waals surface area (Å²) in [6, 6.07) is 9.62. The molecule has 1 atom stereocenters. The third-order valence-electron chi connectivity index (χ3n) is 3.48. The molecule has 0 bridgehead atoms. The number of hydrogen-bond donors (Lipinski definition) is 1. The van der Waals surface area contributed by atoms with Crippen molar-refractivity contribution >= 4 is 5.97 Å². The normalized spacial score (nSPS) is 19.0. The Morgan fingerprint density at radius 2 is 2.00 bits per heavy atom. The van der Waals surface area contributed by atoms with Crippen molar-refractivity contribution in [1.29, 1.82) is 0 Å². The Hall–Kier alpha value is -1.43. The van der Waals surface area contributed by atoms with Crippen LogP contribution in [-0.2, 0) is 24.8 Å². The van der Waals surface area contributed by atoms with Gasteiger partial charge in [-0.3, -0.25) is 0 Å². The van der Waals surface area contributed by atoms with Gasteiger partial charge in [-0.2, -0.15) is 0 Å². The van der Waals surface area contributed by atoms with Crippen LogP contribution in [0.2, 0.25) is 0 Å². The predicted octanol–water partition coefficient (Wildman–Crippen LogP) is 1.98. The molecule has 0 aliphatic carbocycles. The Morgan fingerprint density at radius 1 is 1.33 bits per heavy atom. The number of aliphatic hydroxyl groups excluding tert-OH is 1. The van der Waals surface area contributed by atoms with Gasteiger partial charge in [0.15, 0.2) is 11.9 Å². The fraction of sp³-hybridized carbons (Fsp3) is 0.562. The van der Waals surface area contributed by atoms with Crippen molar-refractivity contribution in [2.75, 3.05) is 19.8 Å². The molecule has 1 aliphatic heterocycles. The third-order valence-corrected chi connectivity index (χ3v) is 3.48. The van der Waals surface area contributed by atoms with Crippen LogP contribution in [-0.4, -0.2) is 37.0 Å². The standard InChI is InChI=1S/C16H22O5/c1-2-19-15(18)14(17)9-10-16(20-11-6-12-21-16)13-7-4-3-5-8-13/h3-5,7-8,14,17H,2,6,9-12H2,1H3. The zero-order valence-corrected chi connectivity index (χ0v) is 12.3. The fourth-order valence-corrected chi connectivity index (χ4v) is 2.41. The van der Waals surface area contributed by atoms with Crippen LogP contribution in [0.15, 0.2) is 30.3 Å². The van der Waals surface area contributed by atoms with Crippen LogP contribution in [0.25, 0.3) is 0 Å². The van der Waals surface area contributed by atoms with Gasteiger partial charge in [0.1, 0.15) is 0 Å². The van der Waals surface area contributed by atoms with Gasteiger partial charge in [-0.05, 0) is 19.8 Å². The van der Waals surface area contributed by atoms with Gasteiger partial charge in [0, 0.05) is 12.0 Å². The average Bonchev–Trinajstić information content (AvgIpc) is 2.54. The molecule has 1 unspecified atom stereocenters. The smallest absolute Gasteiger partial charge is 0.334 e. The van der Waals surface area contributed by atoms with E-state index >= 15 is 0 Å². The summed E-state index contributed by atoms with van der Waals surface area (Å²) < 4.78 is 16.5. The van der Waals surface area contributed by atoms with Gasteiger partial charge < -0.3 is 19.3 Å². The van der Waals surface area contributed by atoms with Crippen LogP contribution in [0.1, 0.15) is 31.7 Å². The Balaban J connectivity index is 2.05. The second kappa shape index (κ2) is 7.54. The summed E-state index contributed by atoms with van der Waals surface area (Å²) >= 11 is 0. The highest BCUT2D eigenvalue weighted by atomic mass is 16.7. The number of hydrogen-bond acceptors (Lipinski definition) is 5. The van der Waals surface area contributed by atoms with E-state index in [1.165, 1.54) is 0 Å². The van der Waals surface area contributed by atoms with E-state index in [1.54, 1.807) is 6.92 Å². The minimum Gasteiger partial charge on any atom is -0.464 e. The van der Waals surface area contributed by atoms with Crippen LogP contribution in [0.3, 0.4) is 0 Å². The zero-order chi connectivity index (χ0) is 15.1. The highest BCUT2D eigenvalue weighted by Crippen LogP contribution is 2.35. The van der Waals surface area contributed by atoms with E-state index < -0.39 is 17.9 Å². The van der Waals surface area contributed by atoms with Gasteiger partial charge >= 0.3 is 5.97 Å². The van der Waals surface area contributed by atoms with E-state index in [-0.39, 0.29) is 13.0 Å². The first kappa shape index (κ1) is 15.9. The lowest BCUT2D eigenvalue weighted by atomic mass is 9.97. The molecule has 2 rings (SSSR count). The maximum Gasteiger partial charge on any atom is 0.334 e. The number of aliphatic hydroxyl groups is 1. The average molecular weight is 294 g/mol. The monoisotopic (exact) mass is 294 g/mol. The lowest BCUT2D eigenvalue weighted by molar-refractivity contribution is -0.281. The van der Waals surface area contributed by atoms with Crippen molar-refractivity contribution in [3.05, 3.63) is 35.9 Å². The molecule has 1 aliphatic rings. The van der Waals surface area contributed by atoms with Gasteiger partial charge in [-0.25, -0.2) is 4.79 Å². The molecule has 0 saturated carbocycles. The molecule has 1 aromatic rings. The number of esters is 1. The molecule has 1 saturated heterocycles. The molecule has 1 heterocycles. The van der Waals surface area contributed by atoms with Gasteiger partial charge in [0.05, 0.1) is 19.8 Å². The number of carbonyl (C=O) groups is 1. The second-order valence-electron chi connectivity index (χ2n) is 4.98. The Bertz CT molecular complexity index is 439. The van der Waals surface area contributed by atoms with E-state index in [9.17, 15) is 9.90 Å². The molecule has 0 spiro atoms. The van der Waals surface area contributed by atoms with Crippen LogP contribution in [0.4, 0.5) is 0 Å². The van der Waals surface area contributed by atoms with Crippen LogP contribution < -0.4 is 0 Å². The van der Waals surface area contributed by atoms with Gasteiger partial charge in [-0.15, -0.1) is 0 Å². The van der Waals surface area contributed by atoms with Gasteiger partial charge in [-0.1, -0.05) is 30.3 Å². The van der Waals surface area contributed by atoms with Crippen molar-refractivity contribution in [2.24, 2.45) is 0 Å². The van der Waals surface area contributed by atoms with Crippen LogP contribution in [0.5, 0.6) is 0 Å². The maximum absolute atomic E-state index is 11.5. The molecule has 1 aromatic carbocycles. The third kappa shape index (κ3) is 4.03. The molecule has 0 radical (unpaired) electrons. The summed E-state index contributed by atoms with van der Waals surface area (Å²) in [7, 11) is 0. The molecule has 1 fully saturated rings. The first-order valence-corrected chi connectivity index (χ1v) is 7.36. The molecular formula is C16H22O5. The predicted molar refractivity (Wildman–Crippen MR) is 76.5 cm³/mol. The van der Waals surface area contributed by atoms with Crippen LogP contribution in [0, 0.1) is 0 Å². The lowest BCUT2D eigenvalue weighted by Gasteiger charge is -2.38. The summed E-state index contributed by atoms with van der Waals surface area (Å²) in [5.74, 6) is -1.48. The van der Waals surface area contributed by atoms with Crippen molar-refractivity contribution in [1.82, 2.24) is 0 Å². The van der Waals surface area contributed by atoms with Crippen LogP contribution >= 0.6 is 0 Å². The summed E-state index contributed by atoms with van der Waals surface area (Å²) in [4.78, 5) is 11.5. The number of benzene rings is 1. The first-order valence-electron chi connectivity index (χ1n) is 7.36. The Morgan fingerprint density at radius 3 is 2.62 bits per heavy atom. The maximum atomic E-state index is 11.5. The molecule has 0 aromatic heterocycles. The minimum atomic E-state index is -1.15. The van der Waals surface area contributed by atoms with Crippen molar-refractivity contribution < 1.29 is 24.1 Å². The van der Waals surface area contributed by atoms with Gasteiger partial charge in [0.25, 0.3) is 0 Å². The summed E-state index contributed by atoms with van der Waals surface area (Å²) in [5, 5.41) is 9.86. The van der Waals surface area contributed by atoms with Crippen molar-refractivity contribution in [2.45, 2.75) is 38.1 Å². The Kier molecular flexibility index (Phi) is 5.73. The highest BCUT2D eigenvalue weighted by Gasteiger charge is 2.37. The molecule has 1 N–H and O–H groups in total. The molecule has 5 heteroatoms. The molecule has 21 heavy (non-hydrogen) atoms. The highest BCUT2D eigenvalue weighted by molar-refractivity contribution is 5.74. The number of carbonyl (C=O) groups excluding carboxylic acids is 1. The van der Waals surface area contributed by atoms with Crippen molar-refractivity contribution in [3.8, 4) is 0 Å². The van der Waals surface area contributed by atoms with E-state index in [1.807, 2.05) is 30.3 Å². The quantitative estimate of drug-likeness (QED) is 0.813. The lowest BCUT2D eigenvalue weighted by Crippen LogP contribution is -2.39. The zero-order valence-electron chi connectivity index (χ0n) is 12.3. The first-order chi connectivity index (χ1) is 10.2. The molecule has 116 valence electrons. The fourth-order valence-electron chi connectivity index (χ4n) is 2.41. The molecule has 0 amide bonds.